The highest BCUT2D eigenvalue weighted by molar-refractivity contribution is 7.15. The van der Waals surface area contributed by atoms with Crippen LogP contribution in [0, 0.1) is 0 Å². The van der Waals surface area contributed by atoms with Crippen LogP contribution in [0.15, 0.2) is 66.0 Å². The van der Waals surface area contributed by atoms with Crippen molar-refractivity contribution < 1.29 is 28.7 Å². The van der Waals surface area contributed by atoms with Gasteiger partial charge in [0.05, 0.1) is 6.61 Å². The van der Waals surface area contributed by atoms with E-state index in [1.807, 2.05) is 30.3 Å². The lowest BCUT2D eigenvalue weighted by atomic mass is 10.0. The molecule has 0 aliphatic rings. The predicted molar refractivity (Wildman–Crippen MR) is 124 cm³/mol. The normalized spacial score (nSPS) is 10.2. The number of amides is 2. The lowest BCUT2D eigenvalue weighted by molar-refractivity contribution is -0.146. The average molecular weight is 467 g/mol. The molecule has 9 heteroatoms. The second-order valence-electron chi connectivity index (χ2n) is 6.70. The molecule has 0 saturated heterocycles. The zero-order valence-corrected chi connectivity index (χ0v) is 18.6. The molecule has 1 heterocycles. The van der Waals surface area contributed by atoms with Gasteiger partial charge in [0, 0.05) is 16.5 Å². The molecule has 2 aromatic carbocycles. The summed E-state index contributed by atoms with van der Waals surface area (Å²) in [6.45, 7) is 0.927. The van der Waals surface area contributed by atoms with Crippen LogP contribution in [0.4, 0.5) is 5.00 Å². The maximum absolute atomic E-state index is 12.5. The number of thiophene rings is 1. The van der Waals surface area contributed by atoms with Crippen molar-refractivity contribution in [2.24, 2.45) is 0 Å². The van der Waals surface area contributed by atoms with Crippen LogP contribution in [0.3, 0.4) is 0 Å². The van der Waals surface area contributed by atoms with Crippen molar-refractivity contribution in [1.82, 2.24) is 5.32 Å². The zero-order chi connectivity index (χ0) is 23.6. The van der Waals surface area contributed by atoms with Crippen LogP contribution in [-0.4, -0.2) is 43.5 Å². The van der Waals surface area contributed by atoms with E-state index in [0.29, 0.717) is 16.1 Å². The molecular formula is C24H22N2O6S. The van der Waals surface area contributed by atoms with Gasteiger partial charge in [-0.1, -0.05) is 48.5 Å². The number of hydrogen-bond acceptors (Lipinski definition) is 7. The van der Waals surface area contributed by atoms with Gasteiger partial charge in [0.1, 0.15) is 17.1 Å². The predicted octanol–water partition coefficient (Wildman–Crippen LogP) is 3.50. The zero-order valence-electron chi connectivity index (χ0n) is 17.8. The second kappa shape index (κ2) is 11.6. The van der Waals surface area contributed by atoms with Crippen molar-refractivity contribution in [3.63, 3.8) is 0 Å². The third-order valence-electron chi connectivity index (χ3n) is 4.40. The number of anilines is 1. The summed E-state index contributed by atoms with van der Waals surface area (Å²) in [4.78, 5) is 48.7. The molecular weight excluding hydrogens is 444 g/mol. The fourth-order valence-electron chi connectivity index (χ4n) is 2.89. The minimum atomic E-state index is -0.767. The molecule has 2 amide bonds. The molecule has 3 rings (SSSR count). The van der Waals surface area contributed by atoms with Crippen LogP contribution in [0.2, 0.25) is 0 Å². The van der Waals surface area contributed by atoms with Gasteiger partial charge in [0.2, 0.25) is 0 Å². The first-order valence-electron chi connectivity index (χ1n) is 10.1. The molecule has 1 aromatic heterocycles. The maximum Gasteiger partial charge on any atom is 0.341 e. The van der Waals surface area contributed by atoms with E-state index in [4.69, 9.17) is 9.47 Å². The van der Waals surface area contributed by atoms with Crippen LogP contribution < -0.4 is 10.6 Å². The Morgan fingerprint density at radius 3 is 2.24 bits per heavy atom. The second-order valence-corrected chi connectivity index (χ2v) is 7.58. The van der Waals surface area contributed by atoms with E-state index in [1.54, 1.807) is 42.6 Å². The van der Waals surface area contributed by atoms with Crippen LogP contribution in [0.25, 0.3) is 11.1 Å². The van der Waals surface area contributed by atoms with E-state index in [1.165, 1.54) is 11.3 Å². The summed E-state index contributed by atoms with van der Waals surface area (Å²) in [5, 5.41) is 7.08. The van der Waals surface area contributed by atoms with Gasteiger partial charge in [0.15, 0.2) is 6.61 Å². The molecule has 0 aliphatic heterocycles. The third kappa shape index (κ3) is 6.50. The van der Waals surface area contributed by atoms with Gasteiger partial charge in [-0.05, 0) is 24.6 Å². The Morgan fingerprint density at radius 1 is 0.909 bits per heavy atom. The molecule has 0 bridgehead atoms. The summed E-state index contributed by atoms with van der Waals surface area (Å²) in [7, 11) is 0. The summed E-state index contributed by atoms with van der Waals surface area (Å²) < 4.78 is 10.1. The fourth-order valence-corrected chi connectivity index (χ4v) is 3.86. The Kier molecular flexibility index (Phi) is 8.31. The van der Waals surface area contributed by atoms with E-state index in [2.05, 4.69) is 10.6 Å². The van der Waals surface area contributed by atoms with E-state index in [9.17, 15) is 19.2 Å². The Hall–Kier alpha value is -3.98. The molecule has 0 aliphatic carbocycles. The van der Waals surface area contributed by atoms with Crippen LogP contribution in [0.1, 0.15) is 27.6 Å². The Labute approximate surface area is 194 Å². The fraction of sp³-hybridized carbons (Fsp3) is 0.167. The van der Waals surface area contributed by atoms with E-state index in [-0.39, 0.29) is 18.7 Å². The van der Waals surface area contributed by atoms with Crippen LogP contribution in [0.5, 0.6) is 0 Å². The Bertz CT molecular complexity index is 1130. The SMILES string of the molecule is CCOC(=O)c1c(-c2ccccc2)csc1NC(=O)COC(=O)CNC(=O)c1ccccc1. The van der Waals surface area contributed by atoms with E-state index >= 15 is 0 Å². The molecule has 3 aromatic rings. The summed E-state index contributed by atoms with van der Waals surface area (Å²) in [6, 6.07) is 17.6. The number of esters is 2. The van der Waals surface area contributed by atoms with Gasteiger partial charge >= 0.3 is 11.9 Å². The van der Waals surface area contributed by atoms with Crippen molar-refractivity contribution in [2.45, 2.75) is 6.92 Å². The van der Waals surface area contributed by atoms with Gasteiger partial charge in [-0.25, -0.2) is 4.79 Å². The number of ether oxygens (including phenoxy) is 2. The van der Waals surface area contributed by atoms with Gasteiger partial charge in [-0.2, -0.15) is 0 Å². The first-order valence-corrected chi connectivity index (χ1v) is 11.0. The molecule has 33 heavy (non-hydrogen) atoms. The maximum atomic E-state index is 12.5. The van der Waals surface area contributed by atoms with E-state index < -0.39 is 30.4 Å². The molecule has 0 unspecified atom stereocenters. The lowest BCUT2D eigenvalue weighted by Gasteiger charge is -2.09. The molecule has 2 N–H and O–H groups in total. The number of nitrogens with one attached hydrogen (secondary N) is 2. The van der Waals surface area contributed by atoms with E-state index in [0.717, 1.165) is 5.56 Å². The number of carbonyl (C=O) groups is 4. The third-order valence-corrected chi connectivity index (χ3v) is 5.30. The van der Waals surface area contributed by atoms with Crippen molar-refractivity contribution in [2.75, 3.05) is 25.1 Å². The molecule has 0 spiro atoms. The number of rotatable bonds is 9. The molecule has 8 nitrogen and oxygen atoms in total. The molecule has 0 fully saturated rings. The van der Waals surface area contributed by atoms with Gasteiger partial charge in [-0.15, -0.1) is 11.3 Å². The Morgan fingerprint density at radius 2 is 1.58 bits per heavy atom. The summed E-state index contributed by atoms with van der Waals surface area (Å²) in [5.74, 6) is -2.38. The van der Waals surface area contributed by atoms with Gasteiger partial charge in [-0.3, -0.25) is 14.4 Å². The number of carbonyl (C=O) groups excluding carboxylic acids is 4. The van der Waals surface area contributed by atoms with Gasteiger partial charge in [0.25, 0.3) is 11.8 Å². The quantitative estimate of drug-likeness (QED) is 0.467. The summed E-state index contributed by atoms with van der Waals surface area (Å²) in [6.07, 6.45) is 0. The number of hydrogen-bond donors (Lipinski definition) is 2. The smallest absolute Gasteiger partial charge is 0.341 e. The highest BCUT2D eigenvalue weighted by atomic mass is 32.1. The largest absolute Gasteiger partial charge is 0.462 e. The van der Waals surface area contributed by atoms with Crippen molar-refractivity contribution >= 4 is 40.1 Å². The molecule has 0 atom stereocenters. The average Bonchev–Trinajstić information content (AvgIpc) is 3.26. The summed E-state index contributed by atoms with van der Waals surface area (Å²) in [5.41, 5.74) is 2.08. The first kappa shape index (κ1) is 23.7. The highest BCUT2D eigenvalue weighted by Gasteiger charge is 2.23. The lowest BCUT2D eigenvalue weighted by Crippen LogP contribution is -2.32. The first-order chi connectivity index (χ1) is 16.0. The molecule has 0 saturated carbocycles. The minimum absolute atomic E-state index is 0.183. The highest BCUT2D eigenvalue weighted by Crippen LogP contribution is 2.36. The van der Waals surface area contributed by atoms with Crippen LogP contribution >= 0.6 is 11.3 Å². The minimum Gasteiger partial charge on any atom is -0.462 e. The van der Waals surface area contributed by atoms with Crippen molar-refractivity contribution in [3.05, 3.63) is 77.2 Å². The van der Waals surface area contributed by atoms with Gasteiger partial charge < -0.3 is 20.1 Å². The van der Waals surface area contributed by atoms with Crippen LogP contribution in [-0.2, 0) is 19.1 Å². The molecule has 170 valence electrons. The molecule has 0 radical (unpaired) electrons. The monoisotopic (exact) mass is 466 g/mol. The summed E-state index contributed by atoms with van der Waals surface area (Å²) >= 11 is 1.17. The standard InChI is InChI=1S/C24H22N2O6S/c1-2-31-24(30)21-18(16-9-5-3-6-10-16)15-33-23(21)26-19(27)14-32-20(28)13-25-22(29)17-11-7-4-8-12-17/h3-12,15H,2,13-14H2,1H3,(H,25,29)(H,26,27). The van der Waals surface area contributed by atoms with Crippen molar-refractivity contribution in [3.8, 4) is 11.1 Å². The Balaban J connectivity index is 1.58. The van der Waals surface area contributed by atoms with Crippen molar-refractivity contribution in [1.29, 1.82) is 0 Å². The number of benzene rings is 2. The topological polar surface area (TPSA) is 111 Å².